The van der Waals surface area contributed by atoms with Crippen LogP contribution < -0.4 is 0 Å². The fourth-order valence-corrected chi connectivity index (χ4v) is 5.36. The smallest absolute Gasteiger partial charge is 0.309 e. The van der Waals surface area contributed by atoms with Crippen molar-refractivity contribution < 1.29 is 14.3 Å². The van der Waals surface area contributed by atoms with Crippen molar-refractivity contribution in [3.63, 3.8) is 0 Å². The Hall–Kier alpha value is -3.64. The molecule has 0 radical (unpaired) electrons. The van der Waals surface area contributed by atoms with Crippen molar-refractivity contribution in [3.8, 4) is 0 Å². The monoisotopic (exact) mass is 515 g/mol. The van der Waals surface area contributed by atoms with Crippen LogP contribution in [0.3, 0.4) is 0 Å². The van der Waals surface area contributed by atoms with E-state index in [0.29, 0.717) is 44.0 Å². The van der Waals surface area contributed by atoms with E-state index in [1.165, 1.54) is 0 Å². The second-order valence-electron chi connectivity index (χ2n) is 9.36. The third-order valence-electron chi connectivity index (χ3n) is 6.95. The topological polar surface area (TPSA) is 64.4 Å². The average molecular weight is 516 g/mol. The molecule has 1 fully saturated rings. The molecule has 6 nitrogen and oxygen atoms in total. The largest absolute Gasteiger partial charge is 0.466 e. The number of likely N-dealkylation sites (tertiary alicyclic amines) is 1. The molecule has 1 aliphatic heterocycles. The van der Waals surface area contributed by atoms with Crippen LogP contribution in [0, 0.1) is 5.92 Å². The Morgan fingerprint density at radius 3 is 2.46 bits per heavy atom. The fraction of sp³-hybridized carbons (Fsp3) is 0.300. The number of piperidine rings is 1. The van der Waals surface area contributed by atoms with Crippen LogP contribution in [0.2, 0.25) is 5.02 Å². The van der Waals surface area contributed by atoms with Gasteiger partial charge in [0.05, 0.1) is 23.6 Å². The average Bonchev–Trinajstić information content (AvgIpc) is 3.27. The highest BCUT2D eigenvalue weighted by atomic mass is 35.5. The molecule has 4 aromatic rings. The summed E-state index contributed by atoms with van der Waals surface area (Å²) in [5.41, 5.74) is 3.67. The first kappa shape index (κ1) is 25.0. The first-order valence-corrected chi connectivity index (χ1v) is 13.1. The highest BCUT2D eigenvalue weighted by Crippen LogP contribution is 2.31. The van der Waals surface area contributed by atoms with Crippen LogP contribution in [0.4, 0.5) is 0 Å². The van der Waals surface area contributed by atoms with E-state index in [1.807, 2.05) is 90.7 Å². The first-order valence-electron chi connectivity index (χ1n) is 12.8. The molecule has 1 aliphatic rings. The molecule has 1 unspecified atom stereocenters. The maximum absolute atomic E-state index is 14.2. The van der Waals surface area contributed by atoms with Crippen LogP contribution in [0.5, 0.6) is 0 Å². The van der Waals surface area contributed by atoms with Gasteiger partial charge in [-0.2, -0.15) is 0 Å². The van der Waals surface area contributed by atoms with Crippen molar-refractivity contribution in [1.29, 1.82) is 0 Å². The molecule has 0 spiro atoms. The molecule has 0 N–H and O–H groups in total. The van der Waals surface area contributed by atoms with E-state index >= 15 is 0 Å². The van der Waals surface area contributed by atoms with Gasteiger partial charge >= 0.3 is 5.97 Å². The van der Waals surface area contributed by atoms with Gasteiger partial charge in [-0.25, -0.2) is 4.98 Å². The van der Waals surface area contributed by atoms with E-state index in [0.717, 1.165) is 28.0 Å². The molecule has 0 saturated carbocycles. The molecule has 1 saturated heterocycles. The van der Waals surface area contributed by atoms with E-state index in [2.05, 4.69) is 4.57 Å². The minimum atomic E-state index is -0.582. The number of hydrogen-bond donors (Lipinski definition) is 0. The van der Waals surface area contributed by atoms with Crippen molar-refractivity contribution in [2.75, 3.05) is 19.7 Å². The van der Waals surface area contributed by atoms with Crippen molar-refractivity contribution in [3.05, 3.63) is 101 Å². The van der Waals surface area contributed by atoms with Gasteiger partial charge in [-0.05, 0) is 55.2 Å². The number of amides is 1. The van der Waals surface area contributed by atoms with E-state index in [1.54, 1.807) is 0 Å². The van der Waals surface area contributed by atoms with E-state index in [4.69, 9.17) is 21.3 Å². The summed E-state index contributed by atoms with van der Waals surface area (Å²) >= 11 is 6.27. The quantitative estimate of drug-likeness (QED) is 0.297. The molecule has 0 bridgehead atoms. The number of carbonyl (C=O) groups excluding carboxylic acids is 2. The highest BCUT2D eigenvalue weighted by molar-refractivity contribution is 6.30. The summed E-state index contributed by atoms with van der Waals surface area (Å²) in [5, 5.41) is 0.667. The number of imidazole rings is 1. The molecule has 3 aromatic carbocycles. The van der Waals surface area contributed by atoms with Crippen LogP contribution in [-0.4, -0.2) is 46.0 Å². The minimum Gasteiger partial charge on any atom is -0.466 e. The number of ether oxygens (including phenoxy) is 1. The van der Waals surface area contributed by atoms with Gasteiger partial charge in [0.25, 0.3) is 0 Å². The second-order valence-corrected chi connectivity index (χ2v) is 9.79. The number of fused-ring (bicyclic) bond motifs is 1. The summed E-state index contributed by atoms with van der Waals surface area (Å²) in [5.74, 6) is 0.473. The van der Waals surface area contributed by atoms with Gasteiger partial charge in [0, 0.05) is 24.5 Å². The third-order valence-corrected chi connectivity index (χ3v) is 7.19. The number of aromatic nitrogens is 2. The van der Waals surface area contributed by atoms with Crippen LogP contribution >= 0.6 is 11.6 Å². The Morgan fingerprint density at radius 2 is 1.73 bits per heavy atom. The van der Waals surface area contributed by atoms with Gasteiger partial charge in [0.15, 0.2) is 0 Å². The minimum absolute atomic E-state index is 0.00371. The third kappa shape index (κ3) is 5.39. The summed E-state index contributed by atoms with van der Waals surface area (Å²) in [6.07, 6.45) is 1.75. The van der Waals surface area contributed by atoms with Gasteiger partial charge in [-0.3, -0.25) is 9.59 Å². The number of benzene rings is 3. The summed E-state index contributed by atoms with van der Waals surface area (Å²) in [6, 6.07) is 24.9. The fourth-order valence-electron chi connectivity index (χ4n) is 5.14. The number of halogens is 1. The lowest BCUT2D eigenvalue weighted by molar-refractivity contribution is -0.151. The lowest BCUT2D eigenvalue weighted by Gasteiger charge is -2.34. The van der Waals surface area contributed by atoms with Gasteiger partial charge < -0.3 is 14.2 Å². The molecule has 1 amide bonds. The lowest BCUT2D eigenvalue weighted by Crippen LogP contribution is -2.44. The lowest BCUT2D eigenvalue weighted by atomic mass is 9.95. The standard InChI is InChI=1S/C30H30ClN3O3/c1-2-37-30(36)23-15-17-33(18-16-23)29(35)28(22-10-4-3-5-11-22)34-26-14-7-6-13-25(26)32-27(34)20-21-9-8-12-24(31)19-21/h3-14,19,23,28H,2,15-18,20H2,1H3. The molecule has 1 aromatic heterocycles. The van der Waals surface area contributed by atoms with Crippen LogP contribution in [0.15, 0.2) is 78.9 Å². The second kappa shape index (κ2) is 11.2. The Balaban J connectivity index is 1.54. The van der Waals surface area contributed by atoms with Crippen LogP contribution in [0.25, 0.3) is 11.0 Å². The van der Waals surface area contributed by atoms with E-state index in [-0.39, 0.29) is 17.8 Å². The van der Waals surface area contributed by atoms with Crippen molar-refractivity contribution >= 4 is 34.5 Å². The molecule has 190 valence electrons. The van der Waals surface area contributed by atoms with E-state index in [9.17, 15) is 9.59 Å². The summed E-state index contributed by atoms with van der Waals surface area (Å²) in [7, 11) is 0. The Kier molecular flexibility index (Phi) is 7.56. The predicted molar refractivity (Wildman–Crippen MR) is 145 cm³/mol. The normalized spacial score (nSPS) is 15.0. The summed E-state index contributed by atoms with van der Waals surface area (Å²) < 4.78 is 7.29. The molecular weight excluding hydrogens is 486 g/mol. The summed E-state index contributed by atoms with van der Waals surface area (Å²) in [6.45, 7) is 3.22. The number of nitrogens with zero attached hydrogens (tertiary/aromatic N) is 3. The maximum Gasteiger partial charge on any atom is 0.309 e. The molecule has 0 aliphatic carbocycles. The zero-order valence-electron chi connectivity index (χ0n) is 20.8. The number of hydrogen-bond acceptors (Lipinski definition) is 4. The summed E-state index contributed by atoms with van der Waals surface area (Å²) in [4.78, 5) is 33.3. The maximum atomic E-state index is 14.2. The van der Waals surface area contributed by atoms with Crippen LogP contribution in [0.1, 0.15) is 42.8 Å². The van der Waals surface area contributed by atoms with Gasteiger partial charge in [-0.1, -0.05) is 66.2 Å². The highest BCUT2D eigenvalue weighted by Gasteiger charge is 2.34. The van der Waals surface area contributed by atoms with E-state index < -0.39 is 6.04 Å². The molecule has 2 heterocycles. The van der Waals surface area contributed by atoms with Gasteiger partial charge in [0.1, 0.15) is 11.9 Å². The number of carbonyl (C=O) groups is 2. The van der Waals surface area contributed by atoms with Crippen LogP contribution in [-0.2, 0) is 20.7 Å². The predicted octanol–water partition coefficient (Wildman–Crippen LogP) is 5.67. The Morgan fingerprint density at radius 1 is 1.00 bits per heavy atom. The van der Waals surface area contributed by atoms with Crippen molar-refractivity contribution in [2.45, 2.75) is 32.2 Å². The molecule has 37 heavy (non-hydrogen) atoms. The number of esters is 1. The Bertz CT molecular complexity index is 1390. The molecule has 5 rings (SSSR count). The Labute approximate surface area is 221 Å². The molecular formula is C30H30ClN3O3. The van der Waals surface area contributed by atoms with Gasteiger partial charge in [0.2, 0.25) is 5.91 Å². The number of para-hydroxylation sites is 2. The first-order chi connectivity index (χ1) is 18.0. The zero-order valence-corrected chi connectivity index (χ0v) is 21.6. The molecule has 7 heteroatoms. The van der Waals surface area contributed by atoms with Gasteiger partial charge in [-0.15, -0.1) is 0 Å². The number of rotatable bonds is 7. The molecule has 1 atom stereocenters. The van der Waals surface area contributed by atoms with Crippen molar-refractivity contribution in [2.24, 2.45) is 5.92 Å². The zero-order chi connectivity index (χ0) is 25.8. The SMILES string of the molecule is CCOC(=O)C1CCN(C(=O)C(c2ccccc2)n2c(Cc3cccc(Cl)c3)nc3ccccc32)CC1. The van der Waals surface area contributed by atoms with Crippen molar-refractivity contribution in [1.82, 2.24) is 14.5 Å².